The van der Waals surface area contributed by atoms with E-state index >= 15 is 0 Å². The molecular weight excluding hydrogens is 631 g/mol. The lowest BCUT2D eigenvalue weighted by Gasteiger charge is -2.26. The molecule has 0 fully saturated rings. The minimum absolute atomic E-state index is 1.12. The third-order valence-electron chi connectivity index (χ3n) is 9.64. The fourth-order valence-electron chi connectivity index (χ4n) is 7.20. The van der Waals surface area contributed by atoms with Crippen molar-refractivity contribution in [3.63, 3.8) is 0 Å². The maximum absolute atomic E-state index is 2.40. The lowest BCUT2D eigenvalue weighted by Crippen LogP contribution is -2.10. The van der Waals surface area contributed by atoms with Gasteiger partial charge in [-0.25, -0.2) is 0 Å². The zero-order valence-corrected chi connectivity index (χ0v) is 28.1. The lowest BCUT2D eigenvalue weighted by atomic mass is 10.00. The van der Waals surface area contributed by atoms with Crippen molar-refractivity contribution in [1.29, 1.82) is 0 Å². The molecule has 0 bridgehead atoms. The van der Waals surface area contributed by atoms with Crippen LogP contribution in [-0.4, -0.2) is 0 Å². The molecule has 0 unspecified atom stereocenters. The van der Waals surface area contributed by atoms with E-state index in [0.29, 0.717) is 0 Å². The van der Waals surface area contributed by atoms with E-state index in [1.54, 1.807) is 0 Å². The van der Waals surface area contributed by atoms with Gasteiger partial charge in [0.25, 0.3) is 0 Å². The summed E-state index contributed by atoms with van der Waals surface area (Å²) in [6.07, 6.45) is 0. The molecule has 49 heavy (non-hydrogen) atoms. The number of benzene rings is 8. The molecule has 0 N–H and O–H groups in total. The second kappa shape index (κ2) is 11.5. The molecule has 0 amide bonds. The molecule has 0 atom stereocenters. The SMILES string of the molecule is c1cc(-c2ccc3sc4ccccc4c3c2)cc(N(c2ccc(-c3ccc4ccccc4c3)cc2)c2ccc3sc4ccccc4c3c2)c1. The summed E-state index contributed by atoms with van der Waals surface area (Å²) in [6, 6.07) is 64.6. The Morgan fingerprint density at radius 1 is 0.286 bits per heavy atom. The van der Waals surface area contributed by atoms with Gasteiger partial charge in [0, 0.05) is 57.4 Å². The molecule has 2 heterocycles. The Morgan fingerprint density at radius 3 is 1.59 bits per heavy atom. The second-order valence-electron chi connectivity index (χ2n) is 12.6. The molecule has 230 valence electrons. The average Bonchev–Trinajstić information content (AvgIpc) is 3.73. The predicted molar refractivity (Wildman–Crippen MR) is 215 cm³/mol. The summed E-state index contributed by atoms with van der Waals surface area (Å²) in [6.45, 7) is 0. The van der Waals surface area contributed by atoms with Crippen LogP contribution in [0, 0.1) is 0 Å². The van der Waals surface area contributed by atoms with Crippen molar-refractivity contribution >= 4 is 90.9 Å². The fourth-order valence-corrected chi connectivity index (χ4v) is 9.38. The first-order valence-corrected chi connectivity index (χ1v) is 18.2. The minimum atomic E-state index is 1.12. The summed E-state index contributed by atoms with van der Waals surface area (Å²) in [7, 11) is 0. The van der Waals surface area contributed by atoms with E-state index in [1.807, 2.05) is 22.7 Å². The van der Waals surface area contributed by atoms with Crippen molar-refractivity contribution in [2.75, 3.05) is 4.90 Å². The van der Waals surface area contributed by atoms with Crippen molar-refractivity contribution in [1.82, 2.24) is 0 Å². The Bertz CT molecular complexity index is 2840. The molecule has 0 saturated heterocycles. The smallest absolute Gasteiger partial charge is 0.0468 e. The van der Waals surface area contributed by atoms with Crippen LogP contribution in [0.5, 0.6) is 0 Å². The van der Waals surface area contributed by atoms with Crippen LogP contribution in [0.3, 0.4) is 0 Å². The Morgan fingerprint density at radius 2 is 0.816 bits per heavy atom. The Balaban J connectivity index is 1.11. The number of nitrogens with zero attached hydrogens (tertiary/aromatic N) is 1. The van der Waals surface area contributed by atoms with Gasteiger partial charge in [0.05, 0.1) is 0 Å². The van der Waals surface area contributed by atoms with Crippen LogP contribution in [0.1, 0.15) is 0 Å². The highest BCUT2D eigenvalue weighted by molar-refractivity contribution is 7.26. The van der Waals surface area contributed by atoms with Crippen LogP contribution in [-0.2, 0) is 0 Å². The van der Waals surface area contributed by atoms with Crippen molar-refractivity contribution in [2.24, 2.45) is 0 Å². The van der Waals surface area contributed by atoms with Crippen LogP contribution < -0.4 is 4.90 Å². The van der Waals surface area contributed by atoms with Gasteiger partial charge in [-0.2, -0.15) is 0 Å². The number of anilines is 3. The Kier molecular flexibility index (Phi) is 6.61. The number of fused-ring (bicyclic) bond motifs is 7. The van der Waals surface area contributed by atoms with Crippen LogP contribution in [0.25, 0.3) is 73.4 Å². The molecule has 0 aliphatic carbocycles. The molecule has 10 aromatic rings. The van der Waals surface area contributed by atoms with Crippen LogP contribution in [0.4, 0.5) is 17.1 Å². The van der Waals surface area contributed by atoms with Crippen LogP contribution in [0.15, 0.2) is 176 Å². The van der Waals surface area contributed by atoms with Gasteiger partial charge in [-0.1, -0.05) is 103 Å². The first-order valence-electron chi connectivity index (χ1n) is 16.6. The quantitative estimate of drug-likeness (QED) is 0.178. The van der Waals surface area contributed by atoms with E-state index < -0.39 is 0 Å². The van der Waals surface area contributed by atoms with E-state index in [-0.39, 0.29) is 0 Å². The lowest BCUT2D eigenvalue weighted by molar-refractivity contribution is 1.29. The van der Waals surface area contributed by atoms with Crippen molar-refractivity contribution < 1.29 is 0 Å². The molecule has 3 heteroatoms. The van der Waals surface area contributed by atoms with Gasteiger partial charge in [0.2, 0.25) is 0 Å². The van der Waals surface area contributed by atoms with Crippen molar-refractivity contribution in [3.8, 4) is 22.3 Å². The van der Waals surface area contributed by atoms with E-state index in [4.69, 9.17) is 0 Å². The summed E-state index contributed by atoms with van der Waals surface area (Å²) >= 11 is 3.72. The summed E-state index contributed by atoms with van der Waals surface area (Å²) in [4.78, 5) is 2.40. The molecule has 0 radical (unpaired) electrons. The van der Waals surface area contributed by atoms with E-state index in [1.165, 1.54) is 73.4 Å². The molecule has 0 aliphatic heterocycles. The first kappa shape index (κ1) is 28.3. The standard InChI is InChI=1S/C46H29NS2/c1-2-9-32-26-34(17-16-30(32)8-1)31-18-21-36(22-19-31)47(38-23-25-46-42(29-38)40-13-4-6-15-44(40)49-46)37-11-7-10-33(27-37)35-20-24-45-41(28-35)39-12-3-5-14-43(39)48-45/h1-29H. The summed E-state index contributed by atoms with van der Waals surface area (Å²) < 4.78 is 5.28. The maximum atomic E-state index is 2.40. The average molecular weight is 660 g/mol. The van der Waals surface area contributed by atoms with Gasteiger partial charge in [-0.05, 0) is 106 Å². The van der Waals surface area contributed by atoms with Gasteiger partial charge in [0.15, 0.2) is 0 Å². The minimum Gasteiger partial charge on any atom is -0.310 e. The maximum Gasteiger partial charge on any atom is 0.0468 e. The predicted octanol–water partition coefficient (Wildman–Crippen LogP) is 14.4. The molecule has 10 rings (SSSR count). The highest BCUT2D eigenvalue weighted by Gasteiger charge is 2.16. The first-order chi connectivity index (χ1) is 24.2. The van der Waals surface area contributed by atoms with E-state index in [2.05, 4.69) is 181 Å². The third-order valence-corrected chi connectivity index (χ3v) is 11.9. The zero-order chi connectivity index (χ0) is 32.3. The molecular formula is C46H29NS2. The number of hydrogen-bond acceptors (Lipinski definition) is 3. The van der Waals surface area contributed by atoms with Gasteiger partial charge in [0.1, 0.15) is 0 Å². The summed E-state index contributed by atoms with van der Waals surface area (Å²) in [5.41, 5.74) is 8.26. The fraction of sp³-hybridized carbons (Fsp3) is 0. The molecule has 0 aliphatic rings. The van der Waals surface area contributed by atoms with Crippen LogP contribution in [0.2, 0.25) is 0 Å². The highest BCUT2D eigenvalue weighted by atomic mass is 32.1. The molecule has 0 spiro atoms. The number of hydrogen-bond donors (Lipinski definition) is 0. The summed E-state index contributed by atoms with van der Waals surface area (Å²) in [5, 5.41) is 7.76. The van der Waals surface area contributed by atoms with Gasteiger partial charge < -0.3 is 4.90 Å². The normalized spacial score (nSPS) is 11.7. The third kappa shape index (κ3) is 4.90. The van der Waals surface area contributed by atoms with Gasteiger partial charge in [-0.3, -0.25) is 0 Å². The molecule has 2 aromatic heterocycles. The van der Waals surface area contributed by atoms with E-state index in [0.717, 1.165) is 17.1 Å². The molecule has 8 aromatic carbocycles. The topological polar surface area (TPSA) is 3.24 Å². The largest absolute Gasteiger partial charge is 0.310 e. The molecule has 0 saturated carbocycles. The number of rotatable bonds is 5. The molecule has 1 nitrogen and oxygen atoms in total. The van der Waals surface area contributed by atoms with Crippen molar-refractivity contribution in [3.05, 3.63) is 176 Å². The highest BCUT2D eigenvalue weighted by Crippen LogP contribution is 2.43. The van der Waals surface area contributed by atoms with Crippen molar-refractivity contribution in [2.45, 2.75) is 0 Å². The monoisotopic (exact) mass is 659 g/mol. The van der Waals surface area contributed by atoms with E-state index in [9.17, 15) is 0 Å². The Labute approximate surface area is 292 Å². The van der Waals surface area contributed by atoms with Gasteiger partial charge in [-0.15, -0.1) is 22.7 Å². The summed E-state index contributed by atoms with van der Waals surface area (Å²) in [5.74, 6) is 0. The zero-order valence-electron chi connectivity index (χ0n) is 26.5. The number of thiophene rings is 2. The van der Waals surface area contributed by atoms with Crippen LogP contribution >= 0.6 is 22.7 Å². The second-order valence-corrected chi connectivity index (χ2v) is 14.7. The Hall–Kier alpha value is -5.74. The van der Waals surface area contributed by atoms with Gasteiger partial charge >= 0.3 is 0 Å².